The Morgan fingerprint density at radius 1 is 1.06 bits per heavy atom. The van der Waals surface area contributed by atoms with Gasteiger partial charge in [-0.1, -0.05) is 36.0 Å². The molecule has 0 saturated carbocycles. The lowest BCUT2D eigenvalue weighted by molar-refractivity contribution is 0.242. The third kappa shape index (κ3) is 4.56. The van der Waals surface area contributed by atoms with Crippen LogP contribution in [0.25, 0.3) is 28.2 Å². The smallest absolute Gasteiger partial charge is 0.226 e. The minimum absolute atomic E-state index is 0.139. The van der Waals surface area contributed by atoms with E-state index in [0.717, 1.165) is 44.6 Å². The zero-order valence-electron chi connectivity index (χ0n) is 19.6. The molecule has 0 N–H and O–H groups in total. The molecule has 0 aliphatic carbocycles. The summed E-state index contributed by atoms with van der Waals surface area (Å²) < 4.78 is 13.6. The van der Waals surface area contributed by atoms with Crippen LogP contribution in [0.1, 0.15) is 30.9 Å². The summed E-state index contributed by atoms with van der Waals surface area (Å²) in [4.78, 5) is 9.36. The lowest BCUT2D eigenvalue weighted by Gasteiger charge is -2.09. The van der Waals surface area contributed by atoms with Crippen LogP contribution in [0.5, 0.6) is 5.75 Å². The second-order valence-electron chi connectivity index (χ2n) is 8.41. The molecule has 0 aliphatic heterocycles. The highest BCUT2D eigenvalue weighted by molar-refractivity contribution is 7.98. The first-order chi connectivity index (χ1) is 16.5. The molecular formula is C27H26N4O2S. The fourth-order valence-electron chi connectivity index (χ4n) is 3.77. The van der Waals surface area contributed by atoms with Gasteiger partial charge in [-0.15, -0.1) is 0 Å². The van der Waals surface area contributed by atoms with E-state index >= 15 is 0 Å². The quantitative estimate of drug-likeness (QED) is 0.245. The maximum absolute atomic E-state index is 5.97. The molecule has 3 heterocycles. The van der Waals surface area contributed by atoms with Crippen molar-refractivity contribution in [2.45, 2.75) is 44.6 Å². The molecule has 0 spiro atoms. The first-order valence-electron chi connectivity index (χ1n) is 11.2. The molecule has 0 atom stereocenters. The number of hydrogen-bond donors (Lipinski definition) is 0. The highest BCUT2D eigenvalue weighted by atomic mass is 32.2. The van der Waals surface area contributed by atoms with Gasteiger partial charge in [0.1, 0.15) is 16.5 Å². The van der Waals surface area contributed by atoms with Crippen LogP contribution in [0.2, 0.25) is 0 Å². The van der Waals surface area contributed by atoms with Gasteiger partial charge >= 0.3 is 0 Å². The Balaban J connectivity index is 1.36. The Labute approximate surface area is 203 Å². The number of aromatic nitrogens is 4. The van der Waals surface area contributed by atoms with Gasteiger partial charge in [-0.05, 0) is 63.6 Å². The van der Waals surface area contributed by atoms with E-state index in [0.29, 0.717) is 11.6 Å². The lowest BCUT2D eigenvalue weighted by Crippen LogP contribution is -2.05. The van der Waals surface area contributed by atoms with Crippen LogP contribution >= 0.6 is 11.8 Å². The van der Waals surface area contributed by atoms with Crippen LogP contribution in [0.3, 0.4) is 0 Å². The number of hydrogen-bond acceptors (Lipinski definition) is 6. The van der Waals surface area contributed by atoms with Gasteiger partial charge in [0.05, 0.1) is 23.0 Å². The number of benzene rings is 2. The van der Waals surface area contributed by atoms with Gasteiger partial charge in [-0.25, -0.2) is 14.5 Å². The van der Waals surface area contributed by atoms with Gasteiger partial charge in [0.25, 0.3) is 0 Å². The van der Waals surface area contributed by atoms with Gasteiger partial charge in [0, 0.05) is 29.3 Å². The molecule has 0 amide bonds. The van der Waals surface area contributed by atoms with Crippen molar-refractivity contribution in [3.8, 4) is 28.5 Å². The van der Waals surface area contributed by atoms with Crippen LogP contribution in [0.4, 0.5) is 0 Å². The van der Waals surface area contributed by atoms with E-state index < -0.39 is 0 Å². The number of aryl methyl sites for hydroxylation is 2. The van der Waals surface area contributed by atoms with Crippen molar-refractivity contribution in [1.82, 2.24) is 19.6 Å². The van der Waals surface area contributed by atoms with Crippen LogP contribution in [-0.2, 0) is 5.75 Å². The minimum Gasteiger partial charge on any atom is -0.491 e. The van der Waals surface area contributed by atoms with E-state index in [2.05, 4.69) is 30.1 Å². The number of ether oxygens (including phenoxy) is 1. The standard InChI is InChI=1S/C27H26N4O2S/c1-17(2)32-21-11-9-20(10-12-21)26-29-24(19(4)33-26)16-34-27-25-15-23(30-31(25)14-13-28-27)22-8-6-5-7-18(22)3/h5-15,17H,16H2,1-4H3. The summed E-state index contributed by atoms with van der Waals surface area (Å²) in [5.74, 6) is 2.91. The van der Waals surface area contributed by atoms with Gasteiger partial charge < -0.3 is 9.15 Å². The summed E-state index contributed by atoms with van der Waals surface area (Å²) in [7, 11) is 0. The van der Waals surface area contributed by atoms with Crippen molar-refractivity contribution >= 4 is 17.3 Å². The van der Waals surface area contributed by atoms with Gasteiger partial charge in [0.15, 0.2) is 0 Å². The Morgan fingerprint density at radius 2 is 1.85 bits per heavy atom. The SMILES string of the molecule is Cc1ccccc1-c1cc2c(SCc3nc(-c4ccc(OC(C)C)cc4)oc3C)nccn2n1. The fraction of sp³-hybridized carbons (Fsp3) is 0.222. The van der Waals surface area contributed by atoms with Crippen LogP contribution in [0, 0.1) is 13.8 Å². The van der Waals surface area contributed by atoms with Crippen LogP contribution in [0.15, 0.2) is 76.4 Å². The van der Waals surface area contributed by atoms with Crippen molar-refractivity contribution in [1.29, 1.82) is 0 Å². The first kappa shape index (κ1) is 22.2. The Morgan fingerprint density at radius 3 is 2.62 bits per heavy atom. The molecule has 0 saturated heterocycles. The zero-order valence-corrected chi connectivity index (χ0v) is 20.5. The summed E-state index contributed by atoms with van der Waals surface area (Å²) in [6.07, 6.45) is 3.80. The van der Waals surface area contributed by atoms with Crippen molar-refractivity contribution in [3.63, 3.8) is 0 Å². The summed E-state index contributed by atoms with van der Waals surface area (Å²) in [6, 6.07) is 18.2. The van der Waals surface area contributed by atoms with E-state index in [9.17, 15) is 0 Å². The normalized spacial score (nSPS) is 11.4. The maximum Gasteiger partial charge on any atom is 0.226 e. The predicted octanol–water partition coefficient (Wildman–Crippen LogP) is 6.75. The molecule has 2 aromatic carbocycles. The van der Waals surface area contributed by atoms with Gasteiger partial charge in [0.2, 0.25) is 5.89 Å². The molecule has 0 aliphatic rings. The van der Waals surface area contributed by atoms with Gasteiger partial charge in [-0.3, -0.25) is 0 Å². The van der Waals surface area contributed by atoms with Crippen LogP contribution < -0.4 is 4.74 Å². The third-order valence-electron chi connectivity index (χ3n) is 5.49. The molecule has 0 fully saturated rings. The highest BCUT2D eigenvalue weighted by Crippen LogP contribution is 2.31. The summed E-state index contributed by atoms with van der Waals surface area (Å²) in [6.45, 7) is 8.07. The average molecular weight is 471 g/mol. The van der Waals surface area contributed by atoms with E-state index in [1.165, 1.54) is 5.56 Å². The number of fused-ring (bicyclic) bond motifs is 1. The van der Waals surface area contributed by atoms with Crippen molar-refractivity contribution in [3.05, 3.63) is 84.0 Å². The molecule has 5 aromatic rings. The third-order valence-corrected chi connectivity index (χ3v) is 6.49. The van der Waals surface area contributed by atoms with E-state index in [-0.39, 0.29) is 6.10 Å². The Bertz CT molecular complexity index is 1440. The molecule has 3 aromatic heterocycles. The first-order valence-corrected chi connectivity index (χ1v) is 12.2. The maximum atomic E-state index is 5.97. The molecule has 7 heteroatoms. The van der Waals surface area contributed by atoms with Gasteiger partial charge in [-0.2, -0.15) is 5.10 Å². The van der Waals surface area contributed by atoms with Crippen molar-refractivity contribution < 1.29 is 9.15 Å². The lowest BCUT2D eigenvalue weighted by atomic mass is 10.1. The molecule has 0 unspecified atom stereocenters. The van der Waals surface area contributed by atoms with E-state index in [1.807, 2.05) is 67.9 Å². The van der Waals surface area contributed by atoms with Crippen LogP contribution in [-0.4, -0.2) is 25.7 Å². The number of rotatable bonds is 7. The summed E-state index contributed by atoms with van der Waals surface area (Å²) in [5, 5.41) is 5.68. The number of thioether (sulfide) groups is 1. The second-order valence-corrected chi connectivity index (χ2v) is 9.37. The molecule has 34 heavy (non-hydrogen) atoms. The monoisotopic (exact) mass is 470 g/mol. The molecule has 5 rings (SSSR count). The predicted molar refractivity (Wildman–Crippen MR) is 135 cm³/mol. The zero-order chi connectivity index (χ0) is 23.7. The average Bonchev–Trinajstić information content (AvgIpc) is 3.42. The largest absolute Gasteiger partial charge is 0.491 e. The number of oxazole rings is 1. The Kier molecular flexibility index (Phi) is 6.11. The molecular weight excluding hydrogens is 444 g/mol. The van der Waals surface area contributed by atoms with E-state index in [1.54, 1.807) is 18.0 Å². The summed E-state index contributed by atoms with van der Waals surface area (Å²) >= 11 is 1.63. The topological polar surface area (TPSA) is 65.5 Å². The second kappa shape index (κ2) is 9.35. The fourth-order valence-corrected chi connectivity index (χ4v) is 4.75. The minimum atomic E-state index is 0.139. The molecule has 172 valence electrons. The van der Waals surface area contributed by atoms with E-state index in [4.69, 9.17) is 19.2 Å². The summed E-state index contributed by atoms with van der Waals surface area (Å²) in [5.41, 5.74) is 6.08. The van der Waals surface area contributed by atoms with Crippen molar-refractivity contribution in [2.75, 3.05) is 0 Å². The molecule has 0 radical (unpaired) electrons. The highest BCUT2D eigenvalue weighted by Gasteiger charge is 2.15. The Hall–Kier alpha value is -3.58. The molecule has 6 nitrogen and oxygen atoms in total. The molecule has 0 bridgehead atoms. The van der Waals surface area contributed by atoms with Crippen molar-refractivity contribution in [2.24, 2.45) is 0 Å². The number of nitrogens with zero attached hydrogens (tertiary/aromatic N) is 4.